The van der Waals surface area contributed by atoms with E-state index in [2.05, 4.69) is 11.8 Å². The van der Waals surface area contributed by atoms with Crippen LogP contribution >= 0.6 is 0 Å². The van der Waals surface area contributed by atoms with Crippen molar-refractivity contribution in [1.82, 2.24) is 4.90 Å². The molecular weight excluding hydrogens is 326 g/mol. The van der Waals surface area contributed by atoms with Gasteiger partial charge in [0.25, 0.3) is 0 Å². The SMILES string of the molecule is CCCN1CCC(OC(=O)C(O)(c2ccccc2)c2ccccc2)CC1. The molecule has 0 saturated carbocycles. The number of piperidine rings is 1. The van der Waals surface area contributed by atoms with Crippen molar-refractivity contribution in [3.63, 3.8) is 0 Å². The average Bonchev–Trinajstić information content (AvgIpc) is 2.70. The first-order valence-electron chi connectivity index (χ1n) is 9.41. The molecule has 1 aliphatic rings. The topological polar surface area (TPSA) is 49.8 Å². The smallest absolute Gasteiger partial charge is 0.347 e. The number of carbonyl (C=O) groups is 1. The summed E-state index contributed by atoms with van der Waals surface area (Å²) in [5.41, 5.74) is -0.734. The van der Waals surface area contributed by atoms with E-state index in [4.69, 9.17) is 4.74 Å². The monoisotopic (exact) mass is 353 g/mol. The third kappa shape index (κ3) is 3.97. The van der Waals surface area contributed by atoms with Gasteiger partial charge in [-0.05, 0) is 36.9 Å². The van der Waals surface area contributed by atoms with Gasteiger partial charge >= 0.3 is 5.97 Å². The lowest BCUT2D eigenvalue weighted by atomic mass is 9.86. The predicted octanol–water partition coefficient (Wildman–Crippen LogP) is 3.34. The molecule has 1 aliphatic heterocycles. The van der Waals surface area contributed by atoms with Gasteiger partial charge in [-0.1, -0.05) is 67.6 Å². The highest BCUT2D eigenvalue weighted by atomic mass is 16.6. The Morgan fingerprint density at radius 2 is 1.54 bits per heavy atom. The molecule has 4 heteroatoms. The zero-order valence-corrected chi connectivity index (χ0v) is 15.3. The van der Waals surface area contributed by atoms with Crippen LogP contribution in [0.4, 0.5) is 0 Å². The Balaban J connectivity index is 1.79. The van der Waals surface area contributed by atoms with E-state index in [1.807, 2.05) is 36.4 Å². The first-order valence-corrected chi connectivity index (χ1v) is 9.41. The van der Waals surface area contributed by atoms with Crippen LogP contribution in [0.2, 0.25) is 0 Å². The van der Waals surface area contributed by atoms with Gasteiger partial charge < -0.3 is 14.7 Å². The number of benzene rings is 2. The standard InChI is InChI=1S/C22H27NO3/c1-2-15-23-16-13-20(14-17-23)26-21(24)22(25,18-9-5-3-6-10-18)19-11-7-4-8-12-19/h3-12,20,25H,2,13-17H2,1H3. The van der Waals surface area contributed by atoms with Crippen molar-refractivity contribution >= 4 is 5.97 Å². The molecule has 0 bridgehead atoms. The summed E-state index contributed by atoms with van der Waals surface area (Å²) < 4.78 is 5.78. The number of likely N-dealkylation sites (tertiary alicyclic amines) is 1. The summed E-state index contributed by atoms with van der Waals surface area (Å²) in [5.74, 6) is -0.594. The summed E-state index contributed by atoms with van der Waals surface area (Å²) >= 11 is 0. The fourth-order valence-electron chi connectivity index (χ4n) is 3.56. The van der Waals surface area contributed by atoms with Crippen molar-refractivity contribution in [2.75, 3.05) is 19.6 Å². The minimum absolute atomic E-state index is 0.144. The van der Waals surface area contributed by atoms with E-state index in [1.165, 1.54) is 0 Å². The Hall–Kier alpha value is -2.17. The second-order valence-electron chi connectivity index (χ2n) is 6.89. The molecule has 138 valence electrons. The van der Waals surface area contributed by atoms with Crippen LogP contribution in [-0.4, -0.2) is 41.7 Å². The summed E-state index contributed by atoms with van der Waals surface area (Å²) in [7, 11) is 0. The summed E-state index contributed by atoms with van der Waals surface area (Å²) in [6.45, 7) is 5.12. The van der Waals surface area contributed by atoms with E-state index in [-0.39, 0.29) is 6.10 Å². The lowest BCUT2D eigenvalue weighted by Crippen LogP contribution is -2.43. The molecule has 0 amide bonds. The molecule has 3 rings (SSSR count). The summed E-state index contributed by atoms with van der Waals surface area (Å²) in [6, 6.07) is 18.1. The normalized spacial score (nSPS) is 16.4. The maximum absolute atomic E-state index is 13.1. The van der Waals surface area contributed by atoms with Crippen LogP contribution in [-0.2, 0) is 15.1 Å². The first-order chi connectivity index (χ1) is 12.6. The molecule has 2 aromatic rings. The second-order valence-corrected chi connectivity index (χ2v) is 6.89. The highest BCUT2D eigenvalue weighted by Gasteiger charge is 2.42. The molecule has 1 heterocycles. The van der Waals surface area contributed by atoms with Crippen LogP contribution < -0.4 is 0 Å². The van der Waals surface area contributed by atoms with Gasteiger partial charge in [0.15, 0.2) is 0 Å². The molecule has 0 radical (unpaired) electrons. The molecule has 0 spiro atoms. The second kappa shape index (κ2) is 8.47. The number of carbonyl (C=O) groups excluding carboxylic acids is 1. The molecule has 26 heavy (non-hydrogen) atoms. The maximum Gasteiger partial charge on any atom is 0.347 e. The van der Waals surface area contributed by atoms with Crippen LogP contribution in [0.1, 0.15) is 37.3 Å². The Morgan fingerprint density at radius 3 is 2.00 bits per heavy atom. The molecule has 0 unspecified atom stereocenters. The number of aliphatic hydroxyl groups is 1. The minimum atomic E-state index is -1.79. The predicted molar refractivity (Wildman–Crippen MR) is 102 cm³/mol. The summed E-state index contributed by atoms with van der Waals surface area (Å²) in [5, 5.41) is 11.4. The zero-order valence-electron chi connectivity index (χ0n) is 15.3. The maximum atomic E-state index is 13.1. The van der Waals surface area contributed by atoms with E-state index >= 15 is 0 Å². The van der Waals surface area contributed by atoms with Crippen molar-refractivity contribution in [3.8, 4) is 0 Å². The minimum Gasteiger partial charge on any atom is -0.460 e. The number of hydrogen-bond donors (Lipinski definition) is 1. The molecule has 1 N–H and O–H groups in total. The van der Waals surface area contributed by atoms with Crippen molar-refractivity contribution in [2.24, 2.45) is 0 Å². The van der Waals surface area contributed by atoms with Crippen molar-refractivity contribution < 1.29 is 14.6 Å². The van der Waals surface area contributed by atoms with Gasteiger partial charge in [0.2, 0.25) is 5.60 Å². The number of nitrogens with zero attached hydrogens (tertiary/aromatic N) is 1. The van der Waals surface area contributed by atoms with Crippen LogP contribution in [0, 0.1) is 0 Å². The highest BCUT2D eigenvalue weighted by Crippen LogP contribution is 2.32. The van der Waals surface area contributed by atoms with Crippen LogP contribution in [0.25, 0.3) is 0 Å². The molecule has 2 aromatic carbocycles. The van der Waals surface area contributed by atoms with Crippen molar-refractivity contribution in [2.45, 2.75) is 37.9 Å². The average molecular weight is 353 g/mol. The molecule has 0 atom stereocenters. The van der Waals surface area contributed by atoms with Gasteiger partial charge in [0.1, 0.15) is 6.10 Å². The number of hydrogen-bond acceptors (Lipinski definition) is 4. The van der Waals surface area contributed by atoms with Crippen LogP contribution in [0.15, 0.2) is 60.7 Å². The third-order valence-electron chi connectivity index (χ3n) is 5.03. The largest absolute Gasteiger partial charge is 0.460 e. The molecular formula is C22H27NO3. The summed E-state index contributed by atoms with van der Waals surface area (Å²) in [6.07, 6.45) is 2.61. The Morgan fingerprint density at radius 1 is 1.04 bits per heavy atom. The number of esters is 1. The molecule has 0 aliphatic carbocycles. The van der Waals surface area contributed by atoms with Gasteiger partial charge in [0.05, 0.1) is 0 Å². The molecule has 1 saturated heterocycles. The van der Waals surface area contributed by atoms with Crippen molar-refractivity contribution in [1.29, 1.82) is 0 Å². The quantitative estimate of drug-likeness (QED) is 0.809. The Kier molecular flexibility index (Phi) is 6.07. The fraction of sp³-hybridized carbons (Fsp3) is 0.409. The Bertz CT molecular complexity index is 654. The third-order valence-corrected chi connectivity index (χ3v) is 5.03. The molecule has 1 fully saturated rings. The zero-order chi connectivity index (χ0) is 18.4. The van der Waals surface area contributed by atoms with Gasteiger partial charge in [-0.2, -0.15) is 0 Å². The summed E-state index contributed by atoms with van der Waals surface area (Å²) in [4.78, 5) is 15.4. The fourth-order valence-corrected chi connectivity index (χ4v) is 3.56. The lowest BCUT2D eigenvalue weighted by molar-refractivity contribution is -0.170. The van der Waals surface area contributed by atoms with E-state index < -0.39 is 11.6 Å². The first kappa shape index (κ1) is 18.6. The van der Waals surface area contributed by atoms with E-state index in [0.29, 0.717) is 11.1 Å². The molecule has 4 nitrogen and oxygen atoms in total. The van der Waals surface area contributed by atoms with Gasteiger partial charge in [-0.25, -0.2) is 4.79 Å². The Labute approximate surface area is 155 Å². The lowest BCUT2D eigenvalue weighted by Gasteiger charge is -2.34. The van der Waals surface area contributed by atoms with Gasteiger partial charge in [-0.3, -0.25) is 0 Å². The molecule has 0 aromatic heterocycles. The van der Waals surface area contributed by atoms with E-state index in [1.54, 1.807) is 24.3 Å². The van der Waals surface area contributed by atoms with E-state index in [9.17, 15) is 9.90 Å². The highest BCUT2D eigenvalue weighted by molar-refractivity contribution is 5.85. The van der Waals surface area contributed by atoms with E-state index in [0.717, 1.165) is 38.9 Å². The van der Waals surface area contributed by atoms with Crippen LogP contribution in [0.3, 0.4) is 0 Å². The number of ether oxygens (including phenoxy) is 1. The number of rotatable bonds is 6. The van der Waals surface area contributed by atoms with Gasteiger partial charge in [-0.15, -0.1) is 0 Å². The van der Waals surface area contributed by atoms with Crippen LogP contribution in [0.5, 0.6) is 0 Å². The van der Waals surface area contributed by atoms with Gasteiger partial charge in [0, 0.05) is 13.1 Å². The van der Waals surface area contributed by atoms with Crippen molar-refractivity contribution in [3.05, 3.63) is 71.8 Å².